The van der Waals surface area contributed by atoms with Crippen molar-refractivity contribution in [2.24, 2.45) is 0 Å². The van der Waals surface area contributed by atoms with Gasteiger partial charge in [0.25, 0.3) is 0 Å². The minimum atomic E-state index is -1.05. The first kappa shape index (κ1) is 22.7. The number of hydrogen-bond acceptors (Lipinski definition) is 3. The van der Waals surface area contributed by atoms with Crippen molar-refractivity contribution in [1.82, 2.24) is 0 Å². The summed E-state index contributed by atoms with van der Waals surface area (Å²) < 4.78 is 25.8. The molecule has 0 spiro atoms. The largest absolute Gasteiger partial charge is 0.506 e. The molecule has 1 amide bonds. The van der Waals surface area contributed by atoms with Crippen LogP contribution in [0.4, 0.5) is 10.1 Å². The molecular weight excluding hydrogens is 437 g/mol. The van der Waals surface area contributed by atoms with Crippen LogP contribution in [0.1, 0.15) is 35.6 Å². The van der Waals surface area contributed by atoms with E-state index in [0.717, 1.165) is 38.3 Å². The molecule has 1 atom stereocenters. The van der Waals surface area contributed by atoms with Crippen LogP contribution >= 0.6 is 0 Å². The Hall–Kier alpha value is -3.51. The van der Waals surface area contributed by atoms with Gasteiger partial charge < -0.3 is 10.4 Å². The molecule has 1 aliphatic rings. The Morgan fingerprint density at radius 1 is 1.03 bits per heavy atom. The third-order valence-corrected chi connectivity index (χ3v) is 6.68. The predicted octanol–water partition coefficient (Wildman–Crippen LogP) is 5.93. The van der Waals surface area contributed by atoms with Crippen molar-refractivity contribution in [3.8, 4) is 5.75 Å². The highest BCUT2D eigenvalue weighted by atomic mass is 32.2. The lowest BCUT2D eigenvalue weighted by Crippen LogP contribution is -2.12. The van der Waals surface area contributed by atoms with Crippen LogP contribution in [0.25, 0.3) is 17.2 Å². The number of aryl methyl sites for hydroxylation is 1. The number of amides is 1. The van der Waals surface area contributed by atoms with Crippen molar-refractivity contribution < 1.29 is 18.5 Å². The zero-order valence-corrected chi connectivity index (χ0v) is 19.4. The quantitative estimate of drug-likeness (QED) is 0.463. The lowest BCUT2D eigenvalue weighted by atomic mass is 10.0. The molecule has 33 heavy (non-hydrogen) atoms. The van der Waals surface area contributed by atoms with Crippen LogP contribution in [-0.2, 0) is 15.6 Å². The highest BCUT2D eigenvalue weighted by Crippen LogP contribution is 2.44. The Labute approximate surface area is 194 Å². The second-order valence-electron chi connectivity index (χ2n) is 8.12. The summed E-state index contributed by atoms with van der Waals surface area (Å²) in [6, 6.07) is 17.0. The Morgan fingerprint density at radius 3 is 2.45 bits per heavy atom. The molecule has 0 fully saturated rings. The van der Waals surface area contributed by atoms with Crippen LogP contribution in [0.15, 0.2) is 71.1 Å². The number of fused-ring (bicyclic) bond motifs is 1. The van der Waals surface area contributed by atoms with Gasteiger partial charge in [0.1, 0.15) is 11.6 Å². The summed E-state index contributed by atoms with van der Waals surface area (Å²) in [5, 5.41) is 12.8. The maximum absolute atomic E-state index is 14.1. The van der Waals surface area contributed by atoms with E-state index < -0.39 is 10.8 Å². The number of carbonyl (C=O) groups is 1. The van der Waals surface area contributed by atoms with E-state index >= 15 is 0 Å². The third kappa shape index (κ3) is 4.81. The van der Waals surface area contributed by atoms with Gasteiger partial charge in [-0.25, -0.2) is 4.39 Å². The lowest BCUT2D eigenvalue weighted by Gasteiger charge is -2.10. The van der Waals surface area contributed by atoms with Gasteiger partial charge in [-0.1, -0.05) is 24.3 Å². The first-order chi connectivity index (χ1) is 15.7. The van der Waals surface area contributed by atoms with Crippen LogP contribution in [0.5, 0.6) is 5.75 Å². The number of hydrogen-bond donors (Lipinski definition) is 2. The fraction of sp³-hybridized carbons (Fsp3) is 0.148. The molecule has 6 heteroatoms. The molecule has 4 nitrogen and oxygen atoms in total. The van der Waals surface area contributed by atoms with Crippen molar-refractivity contribution in [1.29, 1.82) is 0 Å². The van der Waals surface area contributed by atoms with E-state index in [0.29, 0.717) is 11.3 Å². The maximum Gasteiger partial charge on any atom is 0.228 e. The summed E-state index contributed by atoms with van der Waals surface area (Å²) in [4.78, 5) is 13.6. The van der Waals surface area contributed by atoms with Crippen LogP contribution in [0.3, 0.4) is 0 Å². The molecule has 168 valence electrons. The molecule has 2 N–H and O–H groups in total. The maximum atomic E-state index is 14.1. The van der Waals surface area contributed by atoms with E-state index in [1.807, 2.05) is 44.2 Å². The van der Waals surface area contributed by atoms with E-state index in [1.54, 1.807) is 24.5 Å². The van der Waals surface area contributed by atoms with Crippen molar-refractivity contribution in [3.63, 3.8) is 0 Å². The third-order valence-electron chi connectivity index (χ3n) is 5.74. The summed E-state index contributed by atoms with van der Waals surface area (Å²) in [6.45, 7) is 3.80. The monoisotopic (exact) mass is 461 g/mol. The van der Waals surface area contributed by atoms with Gasteiger partial charge >= 0.3 is 0 Å². The van der Waals surface area contributed by atoms with Gasteiger partial charge in [0, 0.05) is 22.0 Å². The molecule has 1 aliphatic carbocycles. The highest BCUT2D eigenvalue weighted by Gasteiger charge is 2.26. The molecule has 4 rings (SSSR count). The molecule has 0 saturated heterocycles. The smallest absolute Gasteiger partial charge is 0.228 e. The standard InChI is InChI=1S/C27H24FNO3S/c1-16-4-11-26(30)25(12-16)29-27(31)15-23-17(2)22(21-10-7-19(28)14-24(21)23)13-18-5-8-20(9-6-18)33(3)32/h4-14,30H,15H2,1-3H3,(H,29,31)/b22-13+. The average molecular weight is 462 g/mol. The highest BCUT2D eigenvalue weighted by molar-refractivity contribution is 7.84. The molecule has 0 heterocycles. The summed E-state index contributed by atoms with van der Waals surface area (Å²) >= 11 is 0. The molecule has 3 aromatic rings. The molecular formula is C27H24FNO3S. The number of halogens is 1. The summed E-state index contributed by atoms with van der Waals surface area (Å²) in [6.07, 6.45) is 3.67. The van der Waals surface area contributed by atoms with Crippen molar-refractivity contribution >= 4 is 39.6 Å². The second kappa shape index (κ2) is 9.16. The fourth-order valence-corrected chi connectivity index (χ4v) is 4.53. The second-order valence-corrected chi connectivity index (χ2v) is 9.50. The van der Waals surface area contributed by atoms with Gasteiger partial charge in [-0.3, -0.25) is 9.00 Å². The van der Waals surface area contributed by atoms with E-state index in [1.165, 1.54) is 18.2 Å². The number of rotatable bonds is 5. The van der Waals surface area contributed by atoms with E-state index in [-0.39, 0.29) is 23.9 Å². The number of carbonyl (C=O) groups excluding carboxylic acids is 1. The number of nitrogens with one attached hydrogen (secondary N) is 1. The van der Waals surface area contributed by atoms with Gasteiger partial charge in [0.05, 0.1) is 12.1 Å². The molecule has 3 aromatic carbocycles. The molecule has 0 aromatic heterocycles. The molecule has 1 unspecified atom stereocenters. The molecule has 0 bridgehead atoms. The van der Waals surface area contributed by atoms with Gasteiger partial charge in [0.15, 0.2) is 0 Å². The normalized spacial score (nSPS) is 15.0. The van der Waals surface area contributed by atoms with Crippen molar-refractivity contribution in [2.45, 2.75) is 25.2 Å². The summed E-state index contributed by atoms with van der Waals surface area (Å²) in [7, 11) is -1.05. The van der Waals surface area contributed by atoms with Crippen LogP contribution in [-0.4, -0.2) is 21.5 Å². The predicted molar refractivity (Wildman–Crippen MR) is 132 cm³/mol. The Morgan fingerprint density at radius 2 is 1.76 bits per heavy atom. The first-order valence-corrected chi connectivity index (χ1v) is 12.0. The summed E-state index contributed by atoms with van der Waals surface area (Å²) in [5.74, 6) is -0.669. The Bertz CT molecular complexity index is 1340. The fourth-order valence-electron chi connectivity index (χ4n) is 4.01. The zero-order chi connectivity index (χ0) is 23.7. The van der Waals surface area contributed by atoms with Crippen molar-refractivity contribution in [2.75, 3.05) is 11.6 Å². The molecule has 0 saturated carbocycles. The number of anilines is 1. The minimum absolute atomic E-state index is 0.00504. The number of benzene rings is 3. The molecule has 0 aliphatic heterocycles. The average Bonchev–Trinajstić information content (AvgIpc) is 3.01. The zero-order valence-electron chi connectivity index (χ0n) is 18.6. The lowest BCUT2D eigenvalue weighted by molar-refractivity contribution is -0.115. The number of phenols is 1. The van der Waals surface area contributed by atoms with Crippen LogP contribution < -0.4 is 5.32 Å². The first-order valence-electron chi connectivity index (χ1n) is 10.5. The molecule has 0 radical (unpaired) electrons. The van der Waals surface area contributed by atoms with Gasteiger partial charge in [-0.05, 0) is 95.3 Å². The Kier molecular flexibility index (Phi) is 6.29. The van der Waals surface area contributed by atoms with Crippen LogP contribution in [0.2, 0.25) is 0 Å². The SMILES string of the molecule is CC1=C(CC(=O)Nc2cc(C)ccc2O)c2cc(F)ccc2/C1=C/c1ccc(S(C)=O)cc1. The van der Waals surface area contributed by atoms with Gasteiger partial charge in [-0.2, -0.15) is 0 Å². The number of allylic oxidation sites excluding steroid dienone is 2. The van der Waals surface area contributed by atoms with E-state index in [4.69, 9.17) is 0 Å². The van der Waals surface area contributed by atoms with Gasteiger partial charge in [0.2, 0.25) is 5.91 Å². The Balaban J connectivity index is 1.68. The van der Waals surface area contributed by atoms with Crippen LogP contribution in [0, 0.1) is 12.7 Å². The van der Waals surface area contributed by atoms with Gasteiger partial charge in [-0.15, -0.1) is 0 Å². The minimum Gasteiger partial charge on any atom is -0.506 e. The van der Waals surface area contributed by atoms with E-state index in [9.17, 15) is 18.5 Å². The number of aromatic hydroxyl groups is 1. The topological polar surface area (TPSA) is 66.4 Å². The van der Waals surface area contributed by atoms with Crippen molar-refractivity contribution in [3.05, 3.63) is 94.3 Å². The number of phenolic OH excluding ortho intramolecular Hbond substituents is 1. The summed E-state index contributed by atoms with van der Waals surface area (Å²) in [5.41, 5.74) is 6.27. The van der Waals surface area contributed by atoms with E-state index in [2.05, 4.69) is 5.32 Å².